The van der Waals surface area contributed by atoms with Crippen LogP contribution >= 0.6 is 0 Å². The van der Waals surface area contributed by atoms with E-state index in [1.165, 1.54) is 11.7 Å². The lowest BCUT2D eigenvalue weighted by Crippen LogP contribution is -2.40. The lowest BCUT2D eigenvalue weighted by molar-refractivity contribution is -0.140. The number of methoxy groups -OCH3 is 1. The van der Waals surface area contributed by atoms with E-state index in [1.807, 2.05) is 44.2 Å². The number of nitrogens with zero attached hydrogens (tertiary/aromatic N) is 5. The SMILES string of the molecule is COC(=O)CCn1c(=O)c2c(nc3n([C@H](C)c4ccccc4)c(C)c(C)n23)n(C)c1=O. The minimum absolute atomic E-state index is 0.0206. The van der Waals surface area contributed by atoms with Crippen molar-refractivity contribution in [3.63, 3.8) is 0 Å². The Morgan fingerprint density at radius 1 is 1.13 bits per heavy atom. The Morgan fingerprint density at radius 3 is 2.45 bits per heavy atom. The van der Waals surface area contributed by atoms with Crippen molar-refractivity contribution >= 4 is 22.9 Å². The predicted molar refractivity (Wildman–Crippen MR) is 117 cm³/mol. The molecule has 4 rings (SSSR count). The summed E-state index contributed by atoms with van der Waals surface area (Å²) in [5, 5.41) is 0. The van der Waals surface area contributed by atoms with E-state index in [1.54, 1.807) is 11.4 Å². The molecule has 3 heterocycles. The van der Waals surface area contributed by atoms with Crippen LogP contribution in [-0.4, -0.2) is 36.2 Å². The maximum Gasteiger partial charge on any atom is 0.332 e. The Labute approximate surface area is 178 Å². The van der Waals surface area contributed by atoms with Crippen molar-refractivity contribution in [3.05, 3.63) is 68.1 Å². The largest absolute Gasteiger partial charge is 0.469 e. The maximum absolute atomic E-state index is 13.3. The predicted octanol–water partition coefficient (Wildman–Crippen LogP) is 1.94. The van der Waals surface area contributed by atoms with E-state index in [0.717, 1.165) is 21.5 Å². The van der Waals surface area contributed by atoms with Gasteiger partial charge in [-0.25, -0.2) is 4.79 Å². The molecule has 0 unspecified atom stereocenters. The topological polar surface area (TPSA) is 92.5 Å². The van der Waals surface area contributed by atoms with E-state index in [4.69, 9.17) is 4.98 Å². The number of carbonyl (C=O) groups is 1. The van der Waals surface area contributed by atoms with Crippen molar-refractivity contribution in [2.24, 2.45) is 7.05 Å². The molecule has 4 aromatic rings. The zero-order valence-electron chi connectivity index (χ0n) is 18.2. The summed E-state index contributed by atoms with van der Waals surface area (Å²) in [7, 11) is 2.86. The molecule has 0 spiro atoms. The summed E-state index contributed by atoms with van der Waals surface area (Å²) in [5.74, 6) is 0.113. The van der Waals surface area contributed by atoms with Gasteiger partial charge in [-0.2, -0.15) is 4.98 Å². The molecular weight excluding hydrogens is 398 g/mol. The third kappa shape index (κ3) is 3.08. The molecule has 3 aromatic heterocycles. The molecule has 162 valence electrons. The monoisotopic (exact) mass is 423 g/mol. The van der Waals surface area contributed by atoms with Gasteiger partial charge in [-0.05, 0) is 26.3 Å². The van der Waals surface area contributed by atoms with E-state index in [2.05, 4.69) is 16.2 Å². The third-order valence-electron chi connectivity index (χ3n) is 6.00. The summed E-state index contributed by atoms with van der Waals surface area (Å²) < 4.78 is 11.0. The summed E-state index contributed by atoms with van der Waals surface area (Å²) in [6.07, 6.45) is -0.0663. The molecule has 0 radical (unpaired) electrons. The molecule has 0 bridgehead atoms. The maximum atomic E-state index is 13.3. The number of fused-ring (bicyclic) bond motifs is 3. The standard InChI is InChI=1S/C22H25N5O4/c1-13-14(2)27-18-19(23-21(27)26(13)15(3)16-9-7-6-8-10-16)24(4)22(30)25(20(18)29)12-11-17(28)31-5/h6-10,15H,11-12H2,1-5H3/t15-/m1/s1. The van der Waals surface area contributed by atoms with Gasteiger partial charge in [0.25, 0.3) is 5.56 Å². The van der Waals surface area contributed by atoms with Crippen molar-refractivity contribution in [1.29, 1.82) is 0 Å². The van der Waals surface area contributed by atoms with Crippen molar-refractivity contribution < 1.29 is 9.53 Å². The van der Waals surface area contributed by atoms with Crippen molar-refractivity contribution in [3.8, 4) is 0 Å². The van der Waals surface area contributed by atoms with E-state index in [0.29, 0.717) is 16.9 Å². The Bertz CT molecular complexity index is 1420. The van der Waals surface area contributed by atoms with Crippen LogP contribution in [-0.2, 0) is 23.1 Å². The van der Waals surface area contributed by atoms with E-state index < -0.39 is 17.2 Å². The first-order valence-corrected chi connectivity index (χ1v) is 10.1. The second kappa shape index (κ2) is 7.57. The number of hydrogen-bond acceptors (Lipinski definition) is 5. The number of aromatic nitrogens is 5. The smallest absolute Gasteiger partial charge is 0.332 e. The average Bonchev–Trinajstić information content (AvgIpc) is 3.27. The first kappa shape index (κ1) is 20.6. The fourth-order valence-electron chi connectivity index (χ4n) is 4.12. The Kier molecular flexibility index (Phi) is 5.04. The third-order valence-corrected chi connectivity index (χ3v) is 6.00. The molecule has 1 aromatic carbocycles. The zero-order chi connectivity index (χ0) is 22.4. The van der Waals surface area contributed by atoms with Crippen LogP contribution in [0, 0.1) is 13.8 Å². The minimum Gasteiger partial charge on any atom is -0.469 e. The molecule has 0 fully saturated rings. The minimum atomic E-state index is -0.515. The Balaban J connectivity index is 2.01. The Morgan fingerprint density at radius 2 is 1.81 bits per heavy atom. The van der Waals surface area contributed by atoms with Crippen molar-refractivity contribution in [1.82, 2.24) is 23.1 Å². The first-order chi connectivity index (χ1) is 14.8. The van der Waals surface area contributed by atoms with Crippen LogP contribution in [0.4, 0.5) is 0 Å². The molecule has 0 aliphatic heterocycles. The highest BCUT2D eigenvalue weighted by Gasteiger charge is 2.25. The van der Waals surface area contributed by atoms with Crippen LogP contribution in [0.2, 0.25) is 0 Å². The highest BCUT2D eigenvalue weighted by Crippen LogP contribution is 2.27. The number of esters is 1. The highest BCUT2D eigenvalue weighted by atomic mass is 16.5. The van der Waals surface area contributed by atoms with Gasteiger partial charge in [-0.15, -0.1) is 0 Å². The van der Waals surface area contributed by atoms with Gasteiger partial charge >= 0.3 is 11.7 Å². The number of benzene rings is 1. The number of hydrogen-bond donors (Lipinski definition) is 0. The molecular formula is C22H25N5O4. The summed E-state index contributed by atoms with van der Waals surface area (Å²) >= 11 is 0. The number of carbonyl (C=O) groups excluding carboxylic acids is 1. The lowest BCUT2D eigenvalue weighted by atomic mass is 10.1. The molecule has 0 saturated heterocycles. The molecule has 0 amide bonds. The molecule has 0 saturated carbocycles. The van der Waals surface area contributed by atoms with Crippen molar-refractivity contribution in [2.75, 3.05) is 7.11 Å². The van der Waals surface area contributed by atoms with Gasteiger partial charge in [0.05, 0.1) is 19.6 Å². The molecule has 31 heavy (non-hydrogen) atoms. The van der Waals surface area contributed by atoms with E-state index in [9.17, 15) is 14.4 Å². The quantitative estimate of drug-likeness (QED) is 0.458. The van der Waals surface area contributed by atoms with Gasteiger partial charge in [-0.3, -0.25) is 23.1 Å². The first-order valence-electron chi connectivity index (χ1n) is 10.1. The number of rotatable bonds is 5. The van der Waals surface area contributed by atoms with Gasteiger partial charge in [0, 0.05) is 25.0 Å². The van der Waals surface area contributed by atoms with Gasteiger partial charge in [0.2, 0.25) is 5.78 Å². The van der Waals surface area contributed by atoms with Crippen LogP contribution in [0.1, 0.15) is 36.3 Å². The summed E-state index contributed by atoms with van der Waals surface area (Å²) in [6, 6.07) is 10.0. The second-order valence-corrected chi connectivity index (χ2v) is 7.67. The summed E-state index contributed by atoms with van der Waals surface area (Å²) in [5.41, 5.74) is 2.62. The fourth-order valence-corrected chi connectivity index (χ4v) is 4.12. The highest BCUT2D eigenvalue weighted by molar-refractivity contribution is 5.76. The van der Waals surface area contributed by atoms with Crippen LogP contribution in [0.3, 0.4) is 0 Å². The van der Waals surface area contributed by atoms with Crippen LogP contribution < -0.4 is 11.2 Å². The van der Waals surface area contributed by atoms with Gasteiger partial charge in [-0.1, -0.05) is 30.3 Å². The van der Waals surface area contributed by atoms with Crippen LogP contribution in [0.25, 0.3) is 16.9 Å². The average molecular weight is 423 g/mol. The molecule has 9 heteroatoms. The lowest BCUT2D eigenvalue weighted by Gasteiger charge is -2.16. The second-order valence-electron chi connectivity index (χ2n) is 7.67. The Hall–Kier alpha value is -3.62. The summed E-state index contributed by atoms with van der Waals surface area (Å²) in [4.78, 5) is 42.4. The molecule has 0 aliphatic rings. The van der Waals surface area contributed by atoms with Crippen molar-refractivity contribution in [2.45, 2.75) is 39.8 Å². The fraction of sp³-hybridized carbons (Fsp3) is 0.364. The number of ether oxygens (including phenoxy) is 1. The number of aryl methyl sites for hydroxylation is 2. The molecule has 9 nitrogen and oxygen atoms in total. The summed E-state index contributed by atoms with van der Waals surface area (Å²) in [6.45, 7) is 5.95. The molecule has 0 N–H and O–H groups in total. The van der Waals surface area contributed by atoms with Gasteiger partial charge in [0.15, 0.2) is 11.2 Å². The van der Waals surface area contributed by atoms with E-state index >= 15 is 0 Å². The van der Waals surface area contributed by atoms with E-state index in [-0.39, 0.29) is 19.0 Å². The van der Waals surface area contributed by atoms with Gasteiger partial charge < -0.3 is 9.30 Å². The molecule has 0 aliphatic carbocycles. The van der Waals surface area contributed by atoms with Gasteiger partial charge in [0.1, 0.15) is 0 Å². The van der Waals surface area contributed by atoms with Crippen LogP contribution in [0.15, 0.2) is 39.9 Å². The molecule has 1 atom stereocenters. The zero-order valence-corrected chi connectivity index (χ0v) is 18.2. The van der Waals surface area contributed by atoms with Crippen LogP contribution in [0.5, 0.6) is 0 Å². The normalized spacial score (nSPS) is 12.5. The number of imidazole rings is 2.